The fourth-order valence-electron chi connectivity index (χ4n) is 1.72. The van der Waals surface area contributed by atoms with Crippen LogP contribution in [-0.4, -0.2) is 15.1 Å². The number of rotatable bonds is 4. The summed E-state index contributed by atoms with van der Waals surface area (Å²) >= 11 is 5.16. The summed E-state index contributed by atoms with van der Waals surface area (Å²) in [6, 6.07) is 11.5. The lowest BCUT2D eigenvalue weighted by atomic mass is 10.2. The van der Waals surface area contributed by atoms with E-state index < -0.39 is 0 Å². The Morgan fingerprint density at radius 3 is 2.90 bits per heavy atom. The molecule has 2 aromatic heterocycles. The molecule has 21 heavy (non-hydrogen) atoms. The van der Waals surface area contributed by atoms with Crippen LogP contribution in [0.4, 0.5) is 5.82 Å². The van der Waals surface area contributed by atoms with Gasteiger partial charge < -0.3 is 10.3 Å². The maximum Gasteiger partial charge on any atom is 0.258 e. The Bertz CT molecular complexity index is 762. The molecule has 0 fully saturated rings. The molecule has 0 spiro atoms. The molecule has 0 radical (unpaired) electrons. The first-order valence-corrected chi connectivity index (χ1v) is 7.92. The van der Waals surface area contributed by atoms with Crippen LogP contribution in [-0.2, 0) is 5.75 Å². The molecule has 3 rings (SSSR count). The van der Waals surface area contributed by atoms with Crippen LogP contribution in [0.15, 0.2) is 56.5 Å². The number of hydrogen-bond donors (Lipinski definition) is 1. The summed E-state index contributed by atoms with van der Waals surface area (Å²) in [5, 5.41) is 3.98. The number of anilines is 1. The zero-order valence-corrected chi connectivity index (χ0v) is 13.3. The van der Waals surface area contributed by atoms with Crippen LogP contribution in [0, 0.1) is 0 Å². The van der Waals surface area contributed by atoms with Gasteiger partial charge in [0.2, 0.25) is 0 Å². The number of halogens is 1. The van der Waals surface area contributed by atoms with Crippen LogP contribution < -0.4 is 5.73 Å². The van der Waals surface area contributed by atoms with Crippen molar-refractivity contribution >= 4 is 33.5 Å². The van der Waals surface area contributed by atoms with Crippen molar-refractivity contribution in [2.45, 2.75) is 10.6 Å². The fraction of sp³-hybridized carbons (Fsp3) is 0.0714. The third-order valence-corrected chi connectivity index (χ3v) is 4.71. The minimum Gasteiger partial charge on any atom is -0.384 e. The number of thioether (sulfide) groups is 1. The van der Waals surface area contributed by atoms with Gasteiger partial charge in [0, 0.05) is 21.1 Å². The van der Waals surface area contributed by atoms with Gasteiger partial charge in [-0.1, -0.05) is 17.3 Å². The zero-order valence-electron chi connectivity index (χ0n) is 10.9. The van der Waals surface area contributed by atoms with E-state index in [1.54, 1.807) is 30.1 Å². The summed E-state index contributed by atoms with van der Waals surface area (Å²) in [5.74, 6) is 2.15. The van der Waals surface area contributed by atoms with E-state index >= 15 is 0 Å². The Morgan fingerprint density at radius 2 is 2.10 bits per heavy atom. The van der Waals surface area contributed by atoms with E-state index in [0.717, 1.165) is 14.9 Å². The van der Waals surface area contributed by atoms with E-state index in [0.29, 0.717) is 23.3 Å². The van der Waals surface area contributed by atoms with Crippen molar-refractivity contribution in [2.75, 3.05) is 5.73 Å². The lowest BCUT2D eigenvalue weighted by molar-refractivity contribution is 0.425. The molecule has 0 aliphatic heterocycles. The van der Waals surface area contributed by atoms with E-state index in [1.807, 2.05) is 24.3 Å². The monoisotopic (exact) mass is 362 g/mol. The molecule has 2 N–H and O–H groups in total. The van der Waals surface area contributed by atoms with Crippen molar-refractivity contribution in [3.05, 3.63) is 52.9 Å². The predicted octanol–water partition coefficient (Wildman–Crippen LogP) is 3.77. The first kappa shape index (κ1) is 14.1. The first-order valence-electron chi connectivity index (χ1n) is 6.14. The van der Waals surface area contributed by atoms with Gasteiger partial charge in [0.15, 0.2) is 5.82 Å². The second-order valence-corrected chi connectivity index (χ2v) is 6.08. The summed E-state index contributed by atoms with van der Waals surface area (Å²) in [6.07, 6.45) is 1.62. The third-order valence-electron chi connectivity index (χ3n) is 2.69. The molecular formula is C14H11BrN4OS. The molecule has 0 aliphatic rings. The van der Waals surface area contributed by atoms with Crippen LogP contribution in [0.3, 0.4) is 0 Å². The SMILES string of the molecule is Nc1cc(-c2nc(CSc3ccccc3Br)no2)ccn1. The van der Waals surface area contributed by atoms with Gasteiger partial charge in [-0.2, -0.15) is 4.98 Å². The Hall–Kier alpha value is -1.86. The molecule has 0 saturated carbocycles. The van der Waals surface area contributed by atoms with Crippen molar-refractivity contribution < 1.29 is 4.52 Å². The van der Waals surface area contributed by atoms with Gasteiger partial charge in [0.1, 0.15) is 5.82 Å². The maximum atomic E-state index is 5.64. The summed E-state index contributed by atoms with van der Waals surface area (Å²) in [6.45, 7) is 0. The van der Waals surface area contributed by atoms with Gasteiger partial charge in [-0.05, 0) is 40.2 Å². The van der Waals surface area contributed by atoms with Gasteiger partial charge in [0.25, 0.3) is 5.89 Å². The number of benzene rings is 1. The van der Waals surface area contributed by atoms with E-state index in [9.17, 15) is 0 Å². The number of nitrogens with zero attached hydrogens (tertiary/aromatic N) is 3. The molecule has 0 atom stereocenters. The summed E-state index contributed by atoms with van der Waals surface area (Å²) < 4.78 is 6.31. The molecule has 0 saturated heterocycles. The Kier molecular flexibility index (Phi) is 4.21. The maximum absolute atomic E-state index is 5.64. The van der Waals surface area contributed by atoms with Crippen LogP contribution in [0.1, 0.15) is 5.82 Å². The highest BCUT2D eigenvalue weighted by molar-refractivity contribution is 9.10. The van der Waals surface area contributed by atoms with Gasteiger partial charge in [-0.15, -0.1) is 11.8 Å². The molecule has 5 nitrogen and oxygen atoms in total. The molecule has 0 bridgehead atoms. The highest BCUT2D eigenvalue weighted by Crippen LogP contribution is 2.29. The lowest BCUT2D eigenvalue weighted by Gasteiger charge is -2.00. The number of nitrogen functional groups attached to an aromatic ring is 1. The van der Waals surface area contributed by atoms with Crippen molar-refractivity contribution in [1.29, 1.82) is 0 Å². The van der Waals surface area contributed by atoms with Gasteiger partial charge in [0.05, 0.1) is 5.75 Å². The van der Waals surface area contributed by atoms with Crippen molar-refractivity contribution in [3.63, 3.8) is 0 Å². The number of aromatic nitrogens is 3. The second kappa shape index (κ2) is 6.28. The van der Waals surface area contributed by atoms with E-state index in [2.05, 4.69) is 31.1 Å². The molecular weight excluding hydrogens is 352 g/mol. The summed E-state index contributed by atoms with van der Waals surface area (Å²) in [7, 11) is 0. The fourth-order valence-corrected chi connectivity index (χ4v) is 3.13. The van der Waals surface area contributed by atoms with Crippen LogP contribution in [0.25, 0.3) is 11.5 Å². The predicted molar refractivity (Wildman–Crippen MR) is 85.6 cm³/mol. The minimum atomic E-state index is 0.426. The standard InChI is InChI=1S/C14H11BrN4OS/c15-10-3-1-2-4-11(10)21-8-13-18-14(20-19-13)9-5-6-17-12(16)7-9/h1-7H,8H2,(H2,16,17). The molecule has 0 amide bonds. The molecule has 106 valence electrons. The van der Waals surface area contributed by atoms with Crippen LogP contribution >= 0.6 is 27.7 Å². The molecule has 0 unspecified atom stereocenters. The Balaban J connectivity index is 1.72. The van der Waals surface area contributed by atoms with E-state index in [4.69, 9.17) is 10.3 Å². The van der Waals surface area contributed by atoms with Crippen LogP contribution in [0.2, 0.25) is 0 Å². The van der Waals surface area contributed by atoms with E-state index in [1.165, 1.54) is 0 Å². The Morgan fingerprint density at radius 1 is 1.24 bits per heavy atom. The average molecular weight is 363 g/mol. The quantitative estimate of drug-likeness (QED) is 0.711. The number of nitrogens with two attached hydrogens (primary N) is 1. The molecule has 0 aliphatic carbocycles. The zero-order chi connectivity index (χ0) is 14.7. The van der Waals surface area contributed by atoms with Gasteiger partial charge in [-0.25, -0.2) is 4.98 Å². The van der Waals surface area contributed by atoms with Crippen molar-refractivity contribution in [1.82, 2.24) is 15.1 Å². The topological polar surface area (TPSA) is 77.8 Å². The normalized spacial score (nSPS) is 10.7. The second-order valence-electron chi connectivity index (χ2n) is 4.20. The largest absolute Gasteiger partial charge is 0.384 e. The highest BCUT2D eigenvalue weighted by Gasteiger charge is 2.10. The Labute approximate surface area is 134 Å². The first-order chi connectivity index (χ1) is 10.2. The molecule has 3 aromatic rings. The minimum absolute atomic E-state index is 0.426. The summed E-state index contributed by atoms with van der Waals surface area (Å²) in [4.78, 5) is 9.44. The smallest absolute Gasteiger partial charge is 0.258 e. The molecule has 2 heterocycles. The number of pyridine rings is 1. The number of hydrogen-bond acceptors (Lipinski definition) is 6. The van der Waals surface area contributed by atoms with Crippen molar-refractivity contribution in [3.8, 4) is 11.5 Å². The summed E-state index contributed by atoms with van der Waals surface area (Å²) in [5.41, 5.74) is 6.41. The molecule has 7 heteroatoms. The highest BCUT2D eigenvalue weighted by atomic mass is 79.9. The van der Waals surface area contributed by atoms with Crippen molar-refractivity contribution in [2.24, 2.45) is 0 Å². The average Bonchev–Trinajstić information content (AvgIpc) is 2.95. The molecule has 1 aromatic carbocycles. The van der Waals surface area contributed by atoms with Crippen LogP contribution in [0.5, 0.6) is 0 Å². The lowest BCUT2D eigenvalue weighted by Crippen LogP contribution is -1.89. The van der Waals surface area contributed by atoms with Gasteiger partial charge in [-0.3, -0.25) is 0 Å². The third kappa shape index (κ3) is 3.43. The van der Waals surface area contributed by atoms with E-state index in [-0.39, 0.29) is 0 Å². The van der Waals surface area contributed by atoms with Gasteiger partial charge >= 0.3 is 0 Å².